The Morgan fingerprint density at radius 1 is 1.03 bits per heavy atom. The van der Waals surface area contributed by atoms with E-state index in [4.69, 9.17) is 16.3 Å². The number of carbonyl (C=O) groups is 2. The summed E-state index contributed by atoms with van der Waals surface area (Å²) in [5, 5.41) is 11.8. The van der Waals surface area contributed by atoms with Crippen LogP contribution in [0.15, 0.2) is 66.7 Å². The van der Waals surface area contributed by atoms with E-state index in [0.717, 1.165) is 34.4 Å². The molecule has 0 heterocycles. The topological polar surface area (TPSA) is 75.6 Å². The van der Waals surface area contributed by atoms with Crippen LogP contribution in [0, 0.1) is 5.82 Å². The van der Waals surface area contributed by atoms with Gasteiger partial charge in [-0.25, -0.2) is 9.18 Å². The van der Waals surface area contributed by atoms with E-state index in [1.54, 1.807) is 0 Å². The first-order chi connectivity index (χ1) is 14.9. The second-order valence-electron chi connectivity index (χ2n) is 7.32. The van der Waals surface area contributed by atoms with Crippen molar-refractivity contribution in [2.75, 3.05) is 6.61 Å². The van der Waals surface area contributed by atoms with Gasteiger partial charge in [-0.1, -0.05) is 60.1 Å². The monoisotopic (exact) mass is 439 g/mol. The molecule has 0 radical (unpaired) electrons. The van der Waals surface area contributed by atoms with Crippen LogP contribution in [0.4, 0.5) is 9.18 Å². The molecule has 3 aromatic carbocycles. The molecule has 1 aliphatic rings. The molecule has 3 aromatic rings. The van der Waals surface area contributed by atoms with Gasteiger partial charge >= 0.3 is 12.1 Å². The summed E-state index contributed by atoms with van der Waals surface area (Å²) in [6.45, 7) is 0.0869. The van der Waals surface area contributed by atoms with Crippen molar-refractivity contribution in [2.45, 2.75) is 18.4 Å². The van der Waals surface area contributed by atoms with Crippen molar-refractivity contribution in [3.05, 3.63) is 94.3 Å². The number of hydrogen-bond donors (Lipinski definition) is 2. The molecule has 7 heteroatoms. The summed E-state index contributed by atoms with van der Waals surface area (Å²) < 4.78 is 19.2. The molecule has 2 N–H and O–H groups in total. The van der Waals surface area contributed by atoms with Crippen LogP contribution in [-0.2, 0) is 9.53 Å². The predicted octanol–water partition coefficient (Wildman–Crippen LogP) is 5.53. The van der Waals surface area contributed by atoms with E-state index in [-0.39, 0.29) is 23.1 Å². The molecular formula is C24H19ClFNO4. The number of alkyl carbamates (subject to hydrolysis) is 1. The fourth-order valence-electron chi connectivity index (χ4n) is 3.99. The summed E-state index contributed by atoms with van der Waals surface area (Å²) in [4.78, 5) is 23.8. The normalized spacial score (nSPS) is 13.2. The molecule has 0 aliphatic heterocycles. The third-order valence-electron chi connectivity index (χ3n) is 5.30. The lowest BCUT2D eigenvalue weighted by Gasteiger charge is -2.19. The summed E-state index contributed by atoms with van der Waals surface area (Å²) in [7, 11) is 0. The van der Waals surface area contributed by atoms with Crippen LogP contribution < -0.4 is 5.32 Å². The van der Waals surface area contributed by atoms with E-state index in [0.29, 0.717) is 0 Å². The van der Waals surface area contributed by atoms with Crippen LogP contribution in [-0.4, -0.2) is 23.8 Å². The Hall–Kier alpha value is -3.38. The van der Waals surface area contributed by atoms with Crippen molar-refractivity contribution in [2.24, 2.45) is 0 Å². The van der Waals surface area contributed by atoms with Crippen molar-refractivity contribution in [3.8, 4) is 11.1 Å². The fraction of sp³-hybridized carbons (Fsp3) is 0.167. The molecule has 0 aromatic heterocycles. The molecule has 1 amide bonds. The lowest BCUT2D eigenvalue weighted by atomic mass is 9.98. The Morgan fingerprint density at radius 3 is 2.23 bits per heavy atom. The highest BCUT2D eigenvalue weighted by molar-refractivity contribution is 6.30. The zero-order valence-corrected chi connectivity index (χ0v) is 17.1. The number of hydrogen-bond acceptors (Lipinski definition) is 3. The molecule has 5 nitrogen and oxygen atoms in total. The number of ether oxygens (including phenoxy) is 1. The molecule has 0 spiro atoms. The second-order valence-corrected chi connectivity index (χ2v) is 7.76. The molecule has 0 saturated heterocycles. The van der Waals surface area contributed by atoms with Crippen LogP contribution in [0.3, 0.4) is 0 Å². The SMILES string of the molecule is O=C(O)C[C@@H](NC(=O)OCC1c2ccccc2-c2ccccc21)c1cc(F)cc(Cl)c1. The van der Waals surface area contributed by atoms with Gasteiger partial charge in [0.05, 0.1) is 12.5 Å². The molecule has 4 rings (SSSR count). The smallest absolute Gasteiger partial charge is 0.407 e. The summed E-state index contributed by atoms with van der Waals surface area (Å²) in [6.07, 6.45) is -1.22. The number of nitrogens with one attached hydrogen (secondary N) is 1. The van der Waals surface area contributed by atoms with Gasteiger partial charge in [-0.05, 0) is 46.0 Å². The van der Waals surface area contributed by atoms with E-state index < -0.39 is 30.3 Å². The van der Waals surface area contributed by atoms with Crippen LogP contribution in [0.25, 0.3) is 11.1 Å². The van der Waals surface area contributed by atoms with Crippen molar-refractivity contribution >= 4 is 23.7 Å². The minimum atomic E-state index is -1.15. The minimum Gasteiger partial charge on any atom is -0.481 e. The minimum absolute atomic E-state index is 0.0869. The number of fused-ring (bicyclic) bond motifs is 3. The predicted molar refractivity (Wildman–Crippen MR) is 115 cm³/mol. The van der Waals surface area contributed by atoms with Gasteiger partial charge in [-0.15, -0.1) is 0 Å². The first-order valence-electron chi connectivity index (χ1n) is 9.71. The summed E-state index contributed by atoms with van der Waals surface area (Å²) >= 11 is 5.88. The van der Waals surface area contributed by atoms with Crippen molar-refractivity contribution < 1.29 is 23.8 Å². The molecule has 158 valence electrons. The van der Waals surface area contributed by atoms with Crippen LogP contribution in [0.1, 0.15) is 35.1 Å². The Morgan fingerprint density at radius 2 is 1.65 bits per heavy atom. The lowest BCUT2D eigenvalue weighted by Crippen LogP contribution is -2.31. The van der Waals surface area contributed by atoms with Gasteiger partial charge in [-0.3, -0.25) is 4.79 Å². The Bertz CT molecular complexity index is 1080. The Kier molecular flexibility index (Phi) is 5.91. The first-order valence-corrected chi connectivity index (χ1v) is 10.1. The van der Waals surface area contributed by atoms with Gasteiger partial charge in [-0.2, -0.15) is 0 Å². The molecule has 0 fully saturated rings. The quantitative estimate of drug-likeness (QED) is 0.529. The van der Waals surface area contributed by atoms with E-state index in [1.165, 1.54) is 6.07 Å². The number of aliphatic carboxylic acids is 1. The van der Waals surface area contributed by atoms with E-state index in [1.807, 2.05) is 48.5 Å². The highest BCUT2D eigenvalue weighted by Crippen LogP contribution is 2.44. The maximum absolute atomic E-state index is 13.7. The van der Waals surface area contributed by atoms with Gasteiger partial charge in [0.1, 0.15) is 12.4 Å². The largest absolute Gasteiger partial charge is 0.481 e. The molecule has 0 unspecified atom stereocenters. The van der Waals surface area contributed by atoms with Gasteiger partial charge < -0.3 is 15.2 Å². The third kappa shape index (κ3) is 4.54. The van der Waals surface area contributed by atoms with Crippen LogP contribution in [0.2, 0.25) is 5.02 Å². The number of carboxylic acid groups (broad SMARTS) is 1. The Labute approximate surface area is 183 Å². The number of carboxylic acids is 1. The van der Waals surface area contributed by atoms with E-state index >= 15 is 0 Å². The number of amides is 1. The summed E-state index contributed by atoms with van der Waals surface area (Å²) in [6, 6.07) is 18.6. The molecular weight excluding hydrogens is 421 g/mol. The van der Waals surface area contributed by atoms with Gasteiger partial charge in [0, 0.05) is 10.9 Å². The van der Waals surface area contributed by atoms with Crippen molar-refractivity contribution in [3.63, 3.8) is 0 Å². The average Bonchev–Trinajstić information content (AvgIpc) is 3.05. The zero-order chi connectivity index (χ0) is 22.0. The molecule has 1 atom stereocenters. The fourth-order valence-corrected chi connectivity index (χ4v) is 4.22. The highest BCUT2D eigenvalue weighted by atomic mass is 35.5. The number of benzene rings is 3. The molecule has 0 bridgehead atoms. The number of halogens is 2. The number of carbonyl (C=O) groups excluding carboxylic acids is 1. The van der Waals surface area contributed by atoms with Crippen molar-refractivity contribution in [1.82, 2.24) is 5.32 Å². The summed E-state index contributed by atoms with van der Waals surface area (Å²) in [5.74, 6) is -1.89. The maximum atomic E-state index is 13.7. The average molecular weight is 440 g/mol. The summed E-state index contributed by atoms with van der Waals surface area (Å²) in [5.41, 5.74) is 4.59. The molecule has 0 saturated carbocycles. The van der Waals surface area contributed by atoms with Gasteiger partial charge in [0.2, 0.25) is 0 Å². The van der Waals surface area contributed by atoms with Crippen LogP contribution in [0.5, 0.6) is 0 Å². The molecule has 31 heavy (non-hydrogen) atoms. The van der Waals surface area contributed by atoms with E-state index in [9.17, 15) is 19.1 Å². The maximum Gasteiger partial charge on any atom is 0.407 e. The third-order valence-corrected chi connectivity index (χ3v) is 5.52. The first kappa shape index (κ1) is 20.9. The second kappa shape index (κ2) is 8.78. The Balaban J connectivity index is 1.49. The van der Waals surface area contributed by atoms with Gasteiger partial charge in [0.15, 0.2) is 0 Å². The number of rotatable bonds is 6. The highest BCUT2D eigenvalue weighted by Gasteiger charge is 2.29. The standard InChI is InChI=1S/C24H19ClFNO4/c25-15-9-14(10-16(26)11-15)22(12-23(28)29)27-24(30)31-13-21-19-7-3-1-5-17(19)18-6-2-4-8-20(18)21/h1-11,21-22H,12-13H2,(H,27,30)(H,28,29)/t22-/m1/s1. The zero-order valence-electron chi connectivity index (χ0n) is 16.3. The van der Waals surface area contributed by atoms with Gasteiger partial charge in [0.25, 0.3) is 0 Å². The lowest BCUT2D eigenvalue weighted by molar-refractivity contribution is -0.137. The van der Waals surface area contributed by atoms with E-state index in [2.05, 4.69) is 5.32 Å². The van der Waals surface area contributed by atoms with Crippen LogP contribution >= 0.6 is 11.6 Å². The van der Waals surface area contributed by atoms with Crippen molar-refractivity contribution in [1.29, 1.82) is 0 Å². The molecule has 1 aliphatic carbocycles.